The first-order chi connectivity index (χ1) is 9.77. The fourth-order valence-corrected chi connectivity index (χ4v) is 1.67. The Morgan fingerprint density at radius 2 is 1.71 bits per heavy atom. The van der Waals surface area contributed by atoms with Gasteiger partial charge in [-0.15, -0.1) is 0 Å². The smallest absolute Gasteiger partial charge is 0.326 e. The molecule has 0 aromatic heterocycles. The van der Waals surface area contributed by atoms with Crippen LogP contribution in [0.25, 0.3) is 0 Å². The Kier molecular flexibility index (Phi) is 9.11. The van der Waals surface area contributed by atoms with Crippen molar-refractivity contribution >= 4 is 18.0 Å². The van der Waals surface area contributed by atoms with Gasteiger partial charge in [0.15, 0.2) is 0 Å². The zero-order chi connectivity index (χ0) is 16.4. The van der Waals surface area contributed by atoms with Crippen LogP contribution in [0.5, 0.6) is 0 Å². The molecule has 0 bridgehead atoms. The van der Waals surface area contributed by atoms with Crippen LogP contribution in [0, 0.1) is 0 Å². The van der Waals surface area contributed by atoms with Gasteiger partial charge in [0, 0.05) is 26.1 Å². The maximum atomic E-state index is 12.1. The third-order valence-corrected chi connectivity index (χ3v) is 2.84. The van der Waals surface area contributed by atoms with E-state index >= 15 is 0 Å². The fourth-order valence-electron chi connectivity index (χ4n) is 1.67. The minimum absolute atomic E-state index is 0.135. The van der Waals surface area contributed by atoms with Gasteiger partial charge in [-0.2, -0.15) is 0 Å². The summed E-state index contributed by atoms with van der Waals surface area (Å²) in [6.45, 7) is 3.60. The third kappa shape index (κ3) is 8.85. The zero-order valence-electron chi connectivity index (χ0n) is 12.8. The van der Waals surface area contributed by atoms with Gasteiger partial charge in [0.25, 0.3) is 0 Å². The molecule has 0 aliphatic rings. The van der Waals surface area contributed by atoms with Crippen molar-refractivity contribution in [2.24, 2.45) is 0 Å². The van der Waals surface area contributed by atoms with Gasteiger partial charge >= 0.3 is 18.0 Å². The van der Waals surface area contributed by atoms with E-state index in [1.54, 1.807) is 0 Å². The normalized spacial score (nSPS) is 12.0. The number of nitrogens with zero attached hydrogens (tertiary/aromatic N) is 2. The van der Waals surface area contributed by atoms with E-state index in [-0.39, 0.29) is 12.8 Å². The van der Waals surface area contributed by atoms with Gasteiger partial charge in [-0.25, -0.2) is 9.59 Å². The lowest BCUT2D eigenvalue weighted by Gasteiger charge is -2.26. The highest BCUT2D eigenvalue weighted by Crippen LogP contribution is 2.01. The number of urea groups is 1. The van der Waals surface area contributed by atoms with E-state index in [0.29, 0.717) is 19.6 Å². The van der Waals surface area contributed by atoms with E-state index in [1.165, 1.54) is 4.90 Å². The first-order valence-electron chi connectivity index (χ1n) is 6.92. The Balaban J connectivity index is 4.58. The van der Waals surface area contributed by atoms with E-state index in [1.807, 2.05) is 25.9 Å². The molecular formula is C13H25N3O5. The van der Waals surface area contributed by atoms with Crippen molar-refractivity contribution < 1.29 is 24.6 Å². The lowest BCUT2D eigenvalue weighted by atomic mass is 10.1. The number of likely N-dealkylation sites (N-methyl/N-ethyl adjacent to an activating group) is 1. The van der Waals surface area contributed by atoms with Crippen LogP contribution >= 0.6 is 0 Å². The summed E-state index contributed by atoms with van der Waals surface area (Å²) in [7, 11) is 3.77. The fraction of sp³-hybridized carbons (Fsp3) is 0.769. The second-order valence-corrected chi connectivity index (χ2v) is 5.06. The maximum absolute atomic E-state index is 12.1. The van der Waals surface area contributed by atoms with E-state index in [0.717, 1.165) is 6.42 Å². The first-order valence-corrected chi connectivity index (χ1v) is 6.92. The van der Waals surface area contributed by atoms with Gasteiger partial charge in [0.2, 0.25) is 0 Å². The van der Waals surface area contributed by atoms with Crippen molar-refractivity contribution in [2.75, 3.05) is 33.7 Å². The summed E-state index contributed by atoms with van der Waals surface area (Å²) in [4.78, 5) is 37.1. The lowest BCUT2D eigenvalue weighted by molar-refractivity contribution is -0.140. The van der Waals surface area contributed by atoms with Crippen molar-refractivity contribution in [3.05, 3.63) is 0 Å². The van der Waals surface area contributed by atoms with Gasteiger partial charge in [0.05, 0.1) is 0 Å². The van der Waals surface area contributed by atoms with Crippen molar-refractivity contribution in [2.45, 2.75) is 32.2 Å². The van der Waals surface area contributed by atoms with Crippen LogP contribution < -0.4 is 5.32 Å². The molecule has 0 rings (SSSR count). The highest BCUT2D eigenvalue weighted by molar-refractivity contribution is 5.83. The molecule has 0 aromatic carbocycles. The molecule has 2 amide bonds. The first kappa shape index (κ1) is 19.2. The number of rotatable bonds is 10. The minimum atomic E-state index is -1.23. The van der Waals surface area contributed by atoms with Crippen molar-refractivity contribution in [1.82, 2.24) is 15.1 Å². The maximum Gasteiger partial charge on any atom is 0.326 e. The molecule has 21 heavy (non-hydrogen) atoms. The van der Waals surface area contributed by atoms with Gasteiger partial charge in [-0.05, 0) is 26.9 Å². The zero-order valence-corrected chi connectivity index (χ0v) is 12.8. The summed E-state index contributed by atoms with van der Waals surface area (Å²) in [6, 6.07) is -1.66. The van der Waals surface area contributed by atoms with Gasteiger partial charge in [-0.3, -0.25) is 4.79 Å². The molecule has 8 heteroatoms. The number of aliphatic carboxylic acids is 2. The van der Waals surface area contributed by atoms with E-state index in [9.17, 15) is 14.4 Å². The molecule has 0 fully saturated rings. The molecule has 8 nitrogen and oxygen atoms in total. The number of hydrogen-bond donors (Lipinski definition) is 3. The topological polar surface area (TPSA) is 110 Å². The largest absolute Gasteiger partial charge is 0.481 e. The molecule has 3 N–H and O–H groups in total. The molecule has 0 heterocycles. The molecular weight excluding hydrogens is 278 g/mol. The van der Waals surface area contributed by atoms with Crippen molar-refractivity contribution in [1.29, 1.82) is 0 Å². The number of carboxylic acids is 2. The molecule has 0 spiro atoms. The third-order valence-electron chi connectivity index (χ3n) is 2.84. The molecule has 0 unspecified atom stereocenters. The number of nitrogens with one attached hydrogen (secondary N) is 1. The summed E-state index contributed by atoms with van der Waals surface area (Å²) < 4.78 is 0. The monoisotopic (exact) mass is 303 g/mol. The number of carbonyl (C=O) groups excluding carboxylic acids is 1. The Morgan fingerprint density at radius 1 is 1.10 bits per heavy atom. The molecule has 0 radical (unpaired) electrons. The molecule has 0 aliphatic carbocycles. The number of carboxylic acid groups (broad SMARTS) is 2. The Labute approximate surface area is 124 Å². The van der Waals surface area contributed by atoms with Crippen LogP contribution in [0.15, 0.2) is 0 Å². The Bertz CT molecular complexity index is 360. The molecule has 0 saturated carbocycles. The average Bonchev–Trinajstić information content (AvgIpc) is 2.38. The average molecular weight is 303 g/mol. The SMILES string of the molecule is CCCN(CCN(C)C)C(=O)N[C@@H](CCC(=O)O)C(=O)O. The predicted molar refractivity (Wildman–Crippen MR) is 77.2 cm³/mol. The van der Waals surface area contributed by atoms with Gasteiger partial charge < -0.3 is 25.3 Å². The van der Waals surface area contributed by atoms with Crippen LogP contribution in [0.1, 0.15) is 26.2 Å². The Morgan fingerprint density at radius 3 is 2.14 bits per heavy atom. The lowest BCUT2D eigenvalue weighted by Crippen LogP contribution is -2.49. The van der Waals surface area contributed by atoms with E-state index in [4.69, 9.17) is 10.2 Å². The molecule has 1 atom stereocenters. The second-order valence-electron chi connectivity index (χ2n) is 5.06. The van der Waals surface area contributed by atoms with E-state index in [2.05, 4.69) is 5.32 Å². The summed E-state index contributed by atoms with van der Waals surface area (Å²) >= 11 is 0. The minimum Gasteiger partial charge on any atom is -0.481 e. The highest BCUT2D eigenvalue weighted by Gasteiger charge is 2.23. The summed E-state index contributed by atoms with van der Waals surface area (Å²) in [6.07, 6.45) is 0.320. The van der Waals surface area contributed by atoms with Crippen LogP contribution in [0.4, 0.5) is 4.79 Å². The quantitative estimate of drug-likeness (QED) is 0.535. The van der Waals surface area contributed by atoms with Crippen LogP contribution in [-0.2, 0) is 9.59 Å². The summed E-state index contributed by atoms with van der Waals surface area (Å²) in [5.41, 5.74) is 0. The molecule has 122 valence electrons. The predicted octanol–water partition coefficient (Wildman–Crippen LogP) is 0.288. The molecule has 0 aromatic rings. The summed E-state index contributed by atoms with van der Waals surface area (Å²) in [5.74, 6) is -2.32. The number of carbonyl (C=O) groups is 3. The van der Waals surface area contributed by atoms with Gasteiger partial charge in [0.1, 0.15) is 6.04 Å². The number of amides is 2. The number of hydrogen-bond acceptors (Lipinski definition) is 4. The second kappa shape index (κ2) is 9.98. The van der Waals surface area contributed by atoms with Gasteiger partial charge in [-0.1, -0.05) is 6.92 Å². The van der Waals surface area contributed by atoms with Crippen molar-refractivity contribution in [3.63, 3.8) is 0 Å². The van der Waals surface area contributed by atoms with Crippen LogP contribution in [-0.4, -0.2) is 77.8 Å². The van der Waals surface area contributed by atoms with E-state index < -0.39 is 24.0 Å². The highest BCUT2D eigenvalue weighted by atomic mass is 16.4. The van der Waals surface area contributed by atoms with Crippen LogP contribution in [0.2, 0.25) is 0 Å². The Hall–Kier alpha value is -1.83. The standard InChI is InChI=1S/C13H25N3O5/c1-4-7-16(9-8-15(2)3)13(21)14-10(12(19)20)5-6-11(17)18/h10H,4-9H2,1-3H3,(H,14,21)(H,17,18)(H,19,20)/t10-/m0/s1. The molecule has 0 aliphatic heterocycles. The molecule has 0 saturated heterocycles. The van der Waals surface area contributed by atoms with Crippen molar-refractivity contribution in [3.8, 4) is 0 Å². The summed E-state index contributed by atoms with van der Waals surface area (Å²) in [5, 5.41) is 20.0. The van der Waals surface area contributed by atoms with Crippen LogP contribution in [0.3, 0.4) is 0 Å².